The zero-order valence-corrected chi connectivity index (χ0v) is 17.6. The van der Waals surface area contributed by atoms with E-state index in [0.717, 1.165) is 38.4 Å². The molecule has 1 aliphatic carbocycles. The Balaban J connectivity index is 0.00000208. The number of nitrogens with zero attached hydrogens (tertiary/aromatic N) is 1. The number of nitrogens with one attached hydrogen (secondary N) is 2. The Morgan fingerprint density at radius 1 is 1.33 bits per heavy atom. The zero-order chi connectivity index (χ0) is 16.3. The van der Waals surface area contributed by atoms with Gasteiger partial charge in [0, 0.05) is 25.7 Å². The molecule has 1 saturated carbocycles. The Bertz CT molecular complexity index is 549. The maximum atomic E-state index is 11.5. The highest BCUT2D eigenvalue weighted by Crippen LogP contribution is 2.42. The minimum Gasteiger partial charge on any atom is -0.375 e. The summed E-state index contributed by atoms with van der Waals surface area (Å²) < 4.78 is 29.1. The van der Waals surface area contributed by atoms with Crippen LogP contribution in [0.5, 0.6) is 0 Å². The van der Waals surface area contributed by atoms with Crippen LogP contribution in [-0.4, -0.2) is 57.2 Å². The molecule has 2 atom stereocenters. The molecule has 6 nitrogen and oxygen atoms in total. The van der Waals surface area contributed by atoms with Gasteiger partial charge in [0.25, 0.3) is 0 Å². The van der Waals surface area contributed by atoms with Gasteiger partial charge < -0.3 is 15.4 Å². The van der Waals surface area contributed by atoms with Crippen molar-refractivity contribution in [3.05, 3.63) is 0 Å². The maximum Gasteiger partial charge on any atom is 0.191 e. The van der Waals surface area contributed by atoms with Crippen molar-refractivity contribution in [3.63, 3.8) is 0 Å². The molecule has 2 heterocycles. The summed E-state index contributed by atoms with van der Waals surface area (Å²) >= 11 is 0. The highest BCUT2D eigenvalue weighted by molar-refractivity contribution is 14.0. The lowest BCUT2D eigenvalue weighted by Crippen LogP contribution is -2.54. The molecule has 8 heteroatoms. The van der Waals surface area contributed by atoms with E-state index < -0.39 is 9.84 Å². The first-order chi connectivity index (χ1) is 11.0. The predicted molar refractivity (Wildman–Crippen MR) is 107 cm³/mol. The summed E-state index contributed by atoms with van der Waals surface area (Å²) in [4.78, 5) is 4.64. The van der Waals surface area contributed by atoms with Gasteiger partial charge >= 0.3 is 0 Å². The third-order valence-electron chi connectivity index (χ3n) is 5.28. The third-order valence-corrected chi connectivity index (χ3v) is 7.11. The largest absolute Gasteiger partial charge is 0.375 e. The minimum atomic E-state index is -2.82. The molecule has 2 aliphatic heterocycles. The summed E-state index contributed by atoms with van der Waals surface area (Å²) in [6.07, 6.45) is 6.43. The second-order valence-corrected chi connectivity index (χ2v) is 9.44. The smallest absolute Gasteiger partial charge is 0.191 e. The topological polar surface area (TPSA) is 79.8 Å². The molecule has 3 fully saturated rings. The first kappa shape index (κ1) is 20.2. The van der Waals surface area contributed by atoms with E-state index in [1.165, 1.54) is 19.3 Å². The molecule has 2 unspecified atom stereocenters. The van der Waals surface area contributed by atoms with E-state index in [0.29, 0.717) is 18.3 Å². The van der Waals surface area contributed by atoms with Crippen molar-refractivity contribution in [2.75, 3.05) is 31.2 Å². The first-order valence-corrected chi connectivity index (χ1v) is 10.7. The average Bonchev–Trinajstić information content (AvgIpc) is 2.83. The van der Waals surface area contributed by atoms with Gasteiger partial charge in [0.15, 0.2) is 15.8 Å². The lowest BCUT2D eigenvalue weighted by Gasteiger charge is -2.47. The lowest BCUT2D eigenvalue weighted by atomic mass is 9.74. The number of sulfone groups is 1. The van der Waals surface area contributed by atoms with Crippen molar-refractivity contribution in [2.45, 2.75) is 57.1 Å². The Morgan fingerprint density at radius 3 is 2.71 bits per heavy atom. The molecule has 0 bridgehead atoms. The number of rotatable bonds is 4. The summed E-state index contributed by atoms with van der Waals surface area (Å²) in [5.74, 6) is 1.59. The van der Waals surface area contributed by atoms with Crippen LogP contribution in [0, 0.1) is 5.92 Å². The van der Waals surface area contributed by atoms with E-state index in [2.05, 4.69) is 22.5 Å². The van der Waals surface area contributed by atoms with Crippen molar-refractivity contribution in [3.8, 4) is 0 Å². The number of ether oxygens (including phenoxy) is 1. The van der Waals surface area contributed by atoms with Crippen LogP contribution in [0.25, 0.3) is 0 Å². The third kappa shape index (κ3) is 5.20. The van der Waals surface area contributed by atoms with Crippen LogP contribution >= 0.6 is 24.0 Å². The molecule has 3 aliphatic rings. The summed E-state index contributed by atoms with van der Waals surface area (Å²) in [7, 11) is -2.82. The van der Waals surface area contributed by atoms with Crippen LogP contribution in [0.3, 0.4) is 0 Å². The van der Waals surface area contributed by atoms with Crippen molar-refractivity contribution < 1.29 is 13.2 Å². The van der Waals surface area contributed by atoms with Gasteiger partial charge in [-0.3, -0.25) is 4.99 Å². The van der Waals surface area contributed by atoms with E-state index >= 15 is 0 Å². The van der Waals surface area contributed by atoms with Crippen molar-refractivity contribution in [2.24, 2.45) is 10.9 Å². The Hall–Kier alpha value is -0.0900. The molecule has 0 aromatic rings. The van der Waals surface area contributed by atoms with Crippen molar-refractivity contribution >= 4 is 39.8 Å². The van der Waals surface area contributed by atoms with E-state index in [1.54, 1.807) is 0 Å². The van der Waals surface area contributed by atoms with E-state index in [1.807, 2.05) is 0 Å². The van der Waals surface area contributed by atoms with Gasteiger partial charge in [-0.2, -0.15) is 0 Å². The molecule has 0 aromatic heterocycles. The lowest BCUT2D eigenvalue weighted by molar-refractivity contribution is -0.134. The first-order valence-electron chi connectivity index (χ1n) is 8.89. The summed E-state index contributed by atoms with van der Waals surface area (Å²) in [5.41, 5.74) is 0.118. The summed E-state index contributed by atoms with van der Waals surface area (Å²) in [6, 6.07) is 0.397. The van der Waals surface area contributed by atoms with Gasteiger partial charge in [-0.25, -0.2) is 8.42 Å². The molecule has 3 rings (SSSR count). The van der Waals surface area contributed by atoms with Crippen LogP contribution in [0.2, 0.25) is 0 Å². The monoisotopic (exact) mass is 471 g/mol. The average molecular weight is 471 g/mol. The van der Waals surface area contributed by atoms with Gasteiger partial charge in [0.2, 0.25) is 0 Å². The molecule has 2 saturated heterocycles. The van der Waals surface area contributed by atoms with E-state index in [9.17, 15) is 8.42 Å². The normalized spacial score (nSPS) is 31.1. The molecular formula is C16H30IN3O3S. The quantitative estimate of drug-likeness (QED) is 0.371. The number of aliphatic imine (C=N–C) groups is 1. The Kier molecular flexibility index (Phi) is 7.19. The van der Waals surface area contributed by atoms with Crippen LogP contribution in [-0.2, 0) is 14.6 Å². The Labute approximate surface area is 162 Å². The zero-order valence-electron chi connectivity index (χ0n) is 14.4. The molecule has 24 heavy (non-hydrogen) atoms. The second kappa shape index (κ2) is 8.53. The highest BCUT2D eigenvalue weighted by atomic mass is 127. The molecule has 2 N–H and O–H groups in total. The molecule has 0 radical (unpaired) electrons. The molecule has 140 valence electrons. The fraction of sp³-hybridized carbons (Fsp3) is 0.938. The standard InChI is InChI=1S/C16H29N3O3S.HI/c1-2-17-15(18-11-13-5-9-23(20,21)12-13)19-14-4-8-22-16(10-14)6-3-7-16;/h13-14H,2-12H2,1H3,(H2,17,18,19);1H. The van der Waals surface area contributed by atoms with Gasteiger partial charge in [0.05, 0.1) is 17.1 Å². The van der Waals surface area contributed by atoms with E-state index in [4.69, 9.17) is 4.74 Å². The van der Waals surface area contributed by atoms with Crippen LogP contribution in [0.15, 0.2) is 4.99 Å². The fourth-order valence-corrected chi connectivity index (χ4v) is 5.67. The number of halogens is 1. The molecule has 0 aromatic carbocycles. The fourth-order valence-electron chi connectivity index (χ4n) is 3.82. The molecular weight excluding hydrogens is 441 g/mol. The predicted octanol–water partition coefficient (Wildman–Crippen LogP) is 1.70. The summed E-state index contributed by atoms with van der Waals surface area (Å²) in [6.45, 7) is 4.26. The van der Waals surface area contributed by atoms with Crippen molar-refractivity contribution in [1.29, 1.82) is 0 Å². The van der Waals surface area contributed by atoms with Crippen LogP contribution in [0.1, 0.15) is 45.4 Å². The van der Waals surface area contributed by atoms with Crippen LogP contribution in [0.4, 0.5) is 0 Å². The number of hydrogen-bond acceptors (Lipinski definition) is 4. The Morgan fingerprint density at radius 2 is 2.12 bits per heavy atom. The summed E-state index contributed by atoms with van der Waals surface area (Å²) in [5, 5.41) is 6.82. The highest BCUT2D eigenvalue weighted by Gasteiger charge is 2.42. The van der Waals surface area contributed by atoms with Crippen LogP contribution < -0.4 is 10.6 Å². The van der Waals surface area contributed by atoms with Gasteiger partial charge in [0.1, 0.15) is 0 Å². The number of guanidine groups is 1. The molecule has 0 amide bonds. The van der Waals surface area contributed by atoms with E-state index in [-0.39, 0.29) is 41.2 Å². The van der Waals surface area contributed by atoms with Gasteiger partial charge in [-0.1, -0.05) is 0 Å². The van der Waals surface area contributed by atoms with Crippen molar-refractivity contribution in [1.82, 2.24) is 10.6 Å². The van der Waals surface area contributed by atoms with Gasteiger partial charge in [-0.15, -0.1) is 24.0 Å². The molecule has 1 spiro atoms. The second-order valence-electron chi connectivity index (χ2n) is 7.21. The van der Waals surface area contributed by atoms with Gasteiger partial charge in [-0.05, 0) is 51.4 Å². The SMILES string of the molecule is CCNC(=NCC1CCS(=O)(=O)C1)NC1CCOC2(CCC2)C1.I. The minimum absolute atomic E-state index is 0. The number of hydrogen-bond donors (Lipinski definition) is 2. The maximum absolute atomic E-state index is 11.5.